The number of benzene rings is 1. The molecule has 0 spiro atoms. The van der Waals surface area contributed by atoms with Gasteiger partial charge in [0.25, 0.3) is 0 Å². The van der Waals surface area contributed by atoms with Crippen LogP contribution in [0.2, 0.25) is 0 Å². The summed E-state index contributed by atoms with van der Waals surface area (Å²) in [5.74, 6) is 1.94. The van der Waals surface area contributed by atoms with Gasteiger partial charge in [-0.1, -0.05) is 12.1 Å². The van der Waals surface area contributed by atoms with E-state index < -0.39 is 0 Å². The van der Waals surface area contributed by atoms with Crippen molar-refractivity contribution >= 4 is 5.96 Å². The molecule has 1 aliphatic heterocycles. The molecule has 5 heteroatoms. The Hall–Kier alpha value is -1.75. The highest BCUT2D eigenvalue weighted by molar-refractivity contribution is 5.80. The van der Waals surface area contributed by atoms with Crippen LogP contribution in [0.4, 0.5) is 0 Å². The third kappa shape index (κ3) is 4.86. The second-order valence-electron chi connectivity index (χ2n) is 6.14. The first kappa shape index (κ1) is 17.6. The fraction of sp³-hybridized carbons (Fsp3) is 0.611. The fourth-order valence-electron chi connectivity index (χ4n) is 2.92. The van der Waals surface area contributed by atoms with Gasteiger partial charge in [0.1, 0.15) is 5.75 Å². The first-order valence-electron chi connectivity index (χ1n) is 8.49. The summed E-state index contributed by atoms with van der Waals surface area (Å²) in [6.07, 6.45) is 2.53. The summed E-state index contributed by atoms with van der Waals surface area (Å²) < 4.78 is 5.25. The third-order valence-corrected chi connectivity index (χ3v) is 4.28. The van der Waals surface area contributed by atoms with Gasteiger partial charge in [-0.2, -0.15) is 0 Å². The van der Waals surface area contributed by atoms with E-state index in [1.165, 1.54) is 18.4 Å². The number of likely N-dealkylation sites (tertiary alicyclic amines) is 1. The van der Waals surface area contributed by atoms with Crippen molar-refractivity contribution in [2.75, 3.05) is 47.4 Å². The summed E-state index contributed by atoms with van der Waals surface area (Å²) in [4.78, 5) is 9.48. The molecular weight excluding hydrogens is 288 g/mol. The Morgan fingerprint density at radius 1 is 1.26 bits per heavy atom. The van der Waals surface area contributed by atoms with Crippen LogP contribution >= 0.6 is 0 Å². The molecule has 23 heavy (non-hydrogen) atoms. The van der Waals surface area contributed by atoms with E-state index in [1.54, 1.807) is 7.11 Å². The summed E-state index contributed by atoms with van der Waals surface area (Å²) in [6.45, 7) is 6.00. The molecule has 2 rings (SSSR count). The van der Waals surface area contributed by atoms with Crippen molar-refractivity contribution in [3.05, 3.63) is 29.8 Å². The third-order valence-electron chi connectivity index (χ3n) is 4.28. The molecule has 0 aliphatic carbocycles. The molecule has 1 fully saturated rings. The second kappa shape index (κ2) is 8.77. The predicted molar refractivity (Wildman–Crippen MR) is 96.2 cm³/mol. The minimum Gasteiger partial charge on any atom is -0.497 e. The van der Waals surface area contributed by atoms with Crippen LogP contribution in [-0.2, 0) is 0 Å². The predicted octanol–water partition coefficient (Wildman–Crippen LogP) is 2.36. The number of methoxy groups -OCH3 is 1. The summed E-state index contributed by atoms with van der Waals surface area (Å²) in [5.41, 5.74) is 1.26. The molecule has 1 aromatic rings. The molecule has 5 nitrogen and oxygen atoms in total. The minimum absolute atomic E-state index is 0.261. The van der Waals surface area contributed by atoms with Crippen LogP contribution in [-0.4, -0.2) is 63.1 Å². The number of nitrogens with one attached hydrogen (secondary N) is 1. The lowest BCUT2D eigenvalue weighted by Crippen LogP contribution is -2.40. The topological polar surface area (TPSA) is 40.1 Å². The van der Waals surface area contributed by atoms with E-state index in [0.717, 1.165) is 37.9 Å². The lowest BCUT2D eigenvalue weighted by molar-refractivity contribution is 0.305. The Labute approximate surface area is 140 Å². The molecule has 1 aliphatic rings. The van der Waals surface area contributed by atoms with Crippen LogP contribution in [0.1, 0.15) is 31.4 Å². The molecule has 1 aromatic carbocycles. The molecule has 1 unspecified atom stereocenters. The number of rotatable bonds is 6. The van der Waals surface area contributed by atoms with Gasteiger partial charge in [0.05, 0.1) is 19.7 Å². The van der Waals surface area contributed by atoms with Crippen molar-refractivity contribution in [1.29, 1.82) is 0 Å². The molecule has 1 saturated heterocycles. The summed E-state index contributed by atoms with van der Waals surface area (Å²) in [7, 11) is 5.90. The van der Waals surface area contributed by atoms with E-state index in [2.05, 4.69) is 48.3 Å². The first-order chi connectivity index (χ1) is 11.2. The lowest BCUT2D eigenvalue weighted by Gasteiger charge is -2.26. The van der Waals surface area contributed by atoms with Gasteiger partial charge in [-0.25, -0.2) is 0 Å². The van der Waals surface area contributed by atoms with Gasteiger partial charge in [-0.05, 0) is 51.6 Å². The highest BCUT2D eigenvalue weighted by Gasteiger charge is 2.18. The Balaban J connectivity index is 2.11. The maximum atomic E-state index is 5.25. The van der Waals surface area contributed by atoms with E-state index in [9.17, 15) is 0 Å². The number of aliphatic imine (C=N–C) groups is 1. The highest BCUT2D eigenvalue weighted by Crippen LogP contribution is 2.22. The second-order valence-corrected chi connectivity index (χ2v) is 6.14. The average Bonchev–Trinajstić information content (AvgIpc) is 3.08. The Morgan fingerprint density at radius 3 is 2.43 bits per heavy atom. The van der Waals surface area contributed by atoms with E-state index >= 15 is 0 Å². The molecule has 1 atom stereocenters. The van der Waals surface area contributed by atoms with Crippen LogP contribution in [0, 0.1) is 0 Å². The smallest absolute Gasteiger partial charge is 0.193 e. The molecule has 0 radical (unpaired) electrons. The SMILES string of the molecule is CCNC(=NCC(c1ccc(OC)cc1)N(C)C)N1CCCC1. The number of nitrogens with zero attached hydrogens (tertiary/aromatic N) is 3. The van der Waals surface area contributed by atoms with Gasteiger partial charge in [-0.15, -0.1) is 0 Å². The standard InChI is InChI=1S/C18H30N4O/c1-5-19-18(22-12-6-7-13-22)20-14-17(21(2)3)15-8-10-16(23-4)11-9-15/h8-11,17H,5-7,12-14H2,1-4H3,(H,19,20). The van der Waals surface area contributed by atoms with E-state index in [4.69, 9.17) is 9.73 Å². The summed E-state index contributed by atoms with van der Waals surface area (Å²) in [6, 6.07) is 8.55. The zero-order valence-electron chi connectivity index (χ0n) is 14.9. The van der Waals surface area contributed by atoms with Gasteiger partial charge < -0.3 is 19.9 Å². The molecular formula is C18H30N4O. The van der Waals surface area contributed by atoms with Crippen molar-refractivity contribution < 1.29 is 4.74 Å². The number of hydrogen-bond donors (Lipinski definition) is 1. The van der Waals surface area contributed by atoms with E-state index in [0.29, 0.717) is 0 Å². The van der Waals surface area contributed by atoms with Crippen LogP contribution < -0.4 is 10.1 Å². The highest BCUT2D eigenvalue weighted by atomic mass is 16.5. The maximum absolute atomic E-state index is 5.25. The lowest BCUT2D eigenvalue weighted by atomic mass is 10.1. The molecule has 0 saturated carbocycles. The average molecular weight is 318 g/mol. The zero-order chi connectivity index (χ0) is 16.7. The number of ether oxygens (including phenoxy) is 1. The normalized spacial score (nSPS) is 16.7. The summed E-state index contributed by atoms with van der Waals surface area (Å²) in [5, 5.41) is 3.43. The quantitative estimate of drug-likeness (QED) is 0.646. The Kier molecular flexibility index (Phi) is 6.71. The number of hydrogen-bond acceptors (Lipinski definition) is 3. The van der Waals surface area contributed by atoms with Crippen molar-refractivity contribution in [3.8, 4) is 5.75 Å². The monoisotopic (exact) mass is 318 g/mol. The molecule has 0 aromatic heterocycles. The molecule has 128 valence electrons. The largest absolute Gasteiger partial charge is 0.497 e. The van der Waals surface area contributed by atoms with Crippen LogP contribution in [0.5, 0.6) is 5.75 Å². The minimum atomic E-state index is 0.261. The summed E-state index contributed by atoms with van der Waals surface area (Å²) >= 11 is 0. The molecule has 0 bridgehead atoms. The van der Waals surface area contributed by atoms with Crippen molar-refractivity contribution in [3.63, 3.8) is 0 Å². The van der Waals surface area contributed by atoms with Gasteiger partial charge in [0, 0.05) is 19.6 Å². The Bertz CT molecular complexity index is 492. The van der Waals surface area contributed by atoms with Crippen LogP contribution in [0.3, 0.4) is 0 Å². The molecule has 0 amide bonds. The fourth-order valence-corrected chi connectivity index (χ4v) is 2.92. The molecule has 1 N–H and O–H groups in total. The van der Waals surface area contributed by atoms with Gasteiger partial charge in [-0.3, -0.25) is 4.99 Å². The van der Waals surface area contributed by atoms with Crippen LogP contribution in [0.25, 0.3) is 0 Å². The van der Waals surface area contributed by atoms with E-state index in [-0.39, 0.29) is 6.04 Å². The maximum Gasteiger partial charge on any atom is 0.193 e. The van der Waals surface area contributed by atoms with Gasteiger partial charge in [0.15, 0.2) is 5.96 Å². The van der Waals surface area contributed by atoms with Crippen molar-refractivity contribution in [1.82, 2.24) is 15.1 Å². The van der Waals surface area contributed by atoms with Crippen molar-refractivity contribution in [2.45, 2.75) is 25.8 Å². The van der Waals surface area contributed by atoms with Gasteiger partial charge >= 0.3 is 0 Å². The first-order valence-corrected chi connectivity index (χ1v) is 8.49. The number of guanidine groups is 1. The number of likely N-dealkylation sites (N-methyl/N-ethyl adjacent to an activating group) is 1. The zero-order valence-corrected chi connectivity index (χ0v) is 14.9. The molecule has 1 heterocycles. The van der Waals surface area contributed by atoms with Crippen molar-refractivity contribution in [2.24, 2.45) is 4.99 Å². The van der Waals surface area contributed by atoms with Crippen LogP contribution in [0.15, 0.2) is 29.3 Å². The van der Waals surface area contributed by atoms with E-state index in [1.807, 2.05) is 12.1 Å². The van der Waals surface area contributed by atoms with Gasteiger partial charge in [0.2, 0.25) is 0 Å². The Morgan fingerprint density at radius 2 is 1.91 bits per heavy atom.